The van der Waals surface area contributed by atoms with Crippen molar-refractivity contribution >= 4 is 18.1 Å². The van der Waals surface area contributed by atoms with Crippen LogP contribution in [0.15, 0.2) is 24.3 Å². The van der Waals surface area contributed by atoms with E-state index < -0.39 is 0 Å². The predicted octanol–water partition coefficient (Wildman–Crippen LogP) is 2.31. The topological polar surface area (TPSA) is 24.5 Å². The van der Waals surface area contributed by atoms with Gasteiger partial charge in [0, 0.05) is 31.9 Å². The minimum atomic E-state index is 0. The molecule has 0 amide bonds. The monoisotopic (exact) mass is 268 g/mol. The maximum Gasteiger partial charge on any atom is 0.119 e. The largest absolute Gasteiger partial charge is 0.493 e. The standard InChI is InChI=1S/C14H20N2O.ClH/c1-2-12(1)11-17-14-5-3-13(4-6-14)16-9-7-15-8-10-16;/h3-6,12,15H,1-2,7-11H2;1H. The number of nitrogens with one attached hydrogen (secondary N) is 1. The quantitative estimate of drug-likeness (QED) is 0.907. The SMILES string of the molecule is Cl.c1cc(N2CCNCC2)ccc1OCC1CC1. The van der Waals surface area contributed by atoms with Crippen molar-refractivity contribution in [3.63, 3.8) is 0 Å². The maximum absolute atomic E-state index is 5.74. The van der Waals surface area contributed by atoms with Crippen molar-refractivity contribution < 1.29 is 4.74 Å². The van der Waals surface area contributed by atoms with Gasteiger partial charge in [-0.25, -0.2) is 0 Å². The summed E-state index contributed by atoms with van der Waals surface area (Å²) in [4.78, 5) is 2.42. The minimum Gasteiger partial charge on any atom is -0.493 e. The van der Waals surface area contributed by atoms with Crippen molar-refractivity contribution in [3.8, 4) is 5.75 Å². The molecule has 2 fully saturated rings. The fourth-order valence-electron chi connectivity index (χ4n) is 2.17. The molecule has 1 saturated carbocycles. The third kappa shape index (κ3) is 3.53. The molecule has 1 aromatic carbocycles. The first-order chi connectivity index (χ1) is 8.42. The van der Waals surface area contributed by atoms with Gasteiger partial charge < -0.3 is 15.0 Å². The first-order valence-corrected chi connectivity index (χ1v) is 6.60. The average Bonchev–Trinajstić information content (AvgIpc) is 3.22. The van der Waals surface area contributed by atoms with Gasteiger partial charge in [0.1, 0.15) is 5.75 Å². The van der Waals surface area contributed by atoms with Crippen LogP contribution in [0.1, 0.15) is 12.8 Å². The molecule has 3 nitrogen and oxygen atoms in total. The Morgan fingerprint density at radius 3 is 2.39 bits per heavy atom. The molecule has 1 N–H and O–H groups in total. The highest BCUT2D eigenvalue weighted by Crippen LogP contribution is 2.30. The van der Waals surface area contributed by atoms with E-state index in [1.54, 1.807) is 0 Å². The molecule has 18 heavy (non-hydrogen) atoms. The summed E-state index contributed by atoms with van der Waals surface area (Å²) in [5.41, 5.74) is 1.31. The normalized spacial score (nSPS) is 19.2. The lowest BCUT2D eigenvalue weighted by Crippen LogP contribution is -2.43. The summed E-state index contributed by atoms with van der Waals surface area (Å²) in [6.45, 7) is 5.26. The molecule has 0 aromatic heterocycles. The second kappa shape index (κ2) is 6.30. The Bertz CT molecular complexity index is 359. The summed E-state index contributed by atoms with van der Waals surface area (Å²) in [6.07, 6.45) is 2.69. The number of anilines is 1. The lowest BCUT2D eigenvalue weighted by molar-refractivity contribution is 0.300. The van der Waals surface area contributed by atoms with Crippen LogP contribution >= 0.6 is 12.4 Å². The van der Waals surface area contributed by atoms with Crippen LogP contribution in [0.2, 0.25) is 0 Å². The van der Waals surface area contributed by atoms with Crippen molar-refractivity contribution in [2.75, 3.05) is 37.7 Å². The first kappa shape index (κ1) is 13.5. The van der Waals surface area contributed by atoms with E-state index in [0.29, 0.717) is 0 Å². The summed E-state index contributed by atoms with van der Waals surface area (Å²) in [5, 5.41) is 3.37. The molecule has 3 rings (SSSR count). The van der Waals surface area contributed by atoms with Crippen molar-refractivity contribution in [1.29, 1.82) is 0 Å². The molecule has 1 aliphatic carbocycles. The molecule has 100 valence electrons. The van der Waals surface area contributed by atoms with E-state index in [1.807, 2.05) is 0 Å². The maximum atomic E-state index is 5.74. The van der Waals surface area contributed by atoms with Gasteiger partial charge in [0.25, 0.3) is 0 Å². The fourth-order valence-corrected chi connectivity index (χ4v) is 2.17. The number of halogens is 1. The number of ether oxygens (including phenoxy) is 1. The molecule has 2 aliphatic rings. The van der Waals surface area contributed by atoms with Crippen molar-refractivity contribution in [1.82, 2.24) is 5.32 Å². The van der Waals surface area contributed by atoms with Gasteiger partial charge >= 0.3 is 0 Å². The molecular formula is C14H21ClN2O. The van der Waals surface area contributed by atoms with Crippen LogP contribution in [0.4, 0.5) is 5.69 Å². The van der Waals surface area contributed by atoms with Crippen LogP contribution in [0.25, 0.3) is 0 Å². The van der Waals surface area contributed by atoms with E-state index in [-0.39, 0.29) is 12.4 Å². The Labute approximate surface area is 115 Å². The predicted molar refractivity (Wildman–Crippen MR) is 77.0 cm³/mol. The number of nitrogens with zero attached hydrogens (tertiary/aromatic N) is 1. The molecule has 0 bridgehead atoms. The van der Waals surface area contributed by atoms with E-state index in [1.165, 1.54) is 18.5 Å². The summed E-state index contributed by atoms with van der Waals surface area (Å²) < 4.78 is 5.74. The second-order valence-electron chi connectivity index (χ2n) is 4.99. The second-order valence-corrected chi connectivity index (χ2v) is 4.99. The molecule has 0 spiro atoms. The molecule has 4 heteroatoms. The Balaban J connectivity index is 0.00000120. The van der Waals surface area contributed by atoms with E-state index in [9.17, 15) is 0 Å². The van der Waals surface area contributed by atoms with Crippen LogP contribution < -0.4 is 15.0 Å². The number of hydrogen-bond acceptors (Lipinski definition) is 3. The number of rotatable bonds is 4. The Hall–Kier alpha value is -0.930. The fraction of sp³-hybridized carbons (Fsp3) is 0.571. The third-order valence-electron chi connectivity index (χ3n) is 3.50. The van der Waals surface area contributed by atoms with Gasteiger partial charge in [-0.2, -0.15) is 0 Å². The Kier molecular flexibility index (Phi) is 4.72. The zero-order valence-electron chi connectivity index (χ0n) is 10.6. The number of benzene rings is 1. The van der Waals surface area contributed by atoms with Crippen LogP contribution in [0, 0.1) is 5.92 Å². The lowest BCUT2D eigenvalue weighted by atomic mass is 10.2. The summed E-state index contributed by atoms with van der Waals surface area (Å²) in [5.74, 6) is 1.83. The van der Waals surface area contributed by atoms with E-state index >= 15 is 0 Å². The van der Waals surface area contributed by atoms with Crippen molar-refractivity contribution in [2.24, 2.45) is 5.92 Å². The van der Waals surface area contributed by atoms with Crippen LogP contribution in [-0.2, 0) is 0 Å². The number of hydrogen-bond donors (Lipinski definition) is 1. The molecule has 0 radical (unpaired) electrons. The molecule has 0 atom stereocenters. The highest BCUT2D eigenvalue weighted by atomic mass is 35.5. The highest BCUT2D eigenvalue weighted by molar-refractivity contribution is 5.85. The van der Waals surface area contributed by atoms with Gasteiger partial charge in [-0.05, 0) is 43.0 Å². The van der Waals surface area contributed by atoms with Gasteiger partial charge in [-0.3, -0.25) is 0 Å². The van der Waals surface area contributed by atoms with Crippen molar-refractivity contribution in [3.05, 3.63) is 24.3 Å². The lowest BCUT2D eigenvalue weighted by Gasteiger charge is -2.29. The molecule has 0 unspecified atom stereocenters. The van der Waals surface area contributed by atoms with Gasteiger partial charge in [-0.15, -0.1) is 12.4 Å². The van der Waals surface area contributed by atoms with Gasteiger partial charge in [0.2, 0.25) is 0 Å². The van der Waals surface area contributed by atoms with E-state index in [4.69, 9.17) is 4.74 Å². The van der Waals surface area contributed by atoms with Crippen LogP contribution in [0.3, 0.4) is 0 Å². The number of piperazine rings is 1. The minimum absolute atomic E-state index is 0. The van der Waals surface area contributed by atoms with Crippen LogP contribution in [0.5, 0.6) is 5.75 Å². The average molecular weight is 269 g/mol. The van der Waals surface area contributed by atoms with E-state index in [0.717, 1.165) is 44.5 Å². The van der Waals surface area contributed by atoms with E-state index in [2.05, 4.69) is 34.5 Å². The molecule has 1 heterocycles. The zero-order valence-corrected chi connectivity index (χ0v) is 11.4. The molecule has 1 saturated heterocycles. The van der Waals surface area contributed by atoms with Gasteiger partial charge in [-0.1, -0.05) is 0 Å². The van der Waals surface area contributed by atoms with Crippen molar-refractivity contribution in [2.45, 2.75) is 12.8 Å². The molecular weight excluding hydrogens is 248 g/mol. The molecule has 1 aliphatic heterocycles. The highest BCUT2D eigenvalue weighted by Gasteiger charge is 2.21. The Morgan fingerprint density at radius 1 is 1.11 bits per heavy atom. The third-order valence-corrected chi connectivity index (χ3v) is 3.50. The van der Waals surface area contributed by atoms with Gasteiger partial charge in [0.05, 0.1) is 6.61 Å². The smallest absolute Gasteiger partial charge is 0.119 e. The first-order valence-electron chi connectivity index (χ1n) is 6.60. The summed E-state index contributed by atoms with van der Waals surface area (Å²) >= 11 is 0. The Morgan fingerprint density at radius 2 is 1.78 bits per heavy atom. The molecule has 1 aromatic rings. The van der Waals surface area contributed by atoms with Crippen LogP contribution in [-0.4, -0.2) is 32.8 Å². The summed E-state index contributed by atoms with van der Waals surface area (Å²) in [6, 6.07) is 8.54. The van der Waals surface area contributed by atoms with Gasteiger partial charge in [0.15, 0.2) is 0 Å². The summed E-state index contributed by atoms with van der Waals surface area (Å²) in [7, 11) is 0. The zero-order chi connectivity index (χ0) is 11.5.